The number of halogens is 1. The molecule has 25 heavy (non-hydrogen) atoms. The summed E-state index contributed by atoms with van der Waals surface area (Å²) in [5.41, 5.74) is -1.92. The molecular formula is C16H18FN3O5. The van der Waals surface area contributed by atoms with E-state index in [2.05, 4.69) is 5.32 Å². The van der Waals surface area contributed by atoms with Gasteiger partial charge in [-0.1, -0.05) is 0 Å². The molecule has 2 aromatic rings. The fourth-order valence-corrected chi connectivity index (χ4v) is 2.75. The molecule has 1 amide bonds. The Morgan fingerprint density at radius 3 is 2.92 bits per heavy atom. The van der Waals surface area contributed by atoms with Gasteiger partial charge in [0, 0.05) is 6.61 Å². The van der Waals surface area contributed by atoms with Gasteiger partial charge in [-0.05, 0) is 31.9 Å². The SMILES string of the molecule is C[C@H](NC(=O)Cn1c(=O)c(F)cn([C@H]2CCCO2)c1=O)c1ccco1. The minimum Gasteiger partial charge on any atom is -0.467 e. The van der Waals surface area contributed by atoms with Gasteiger partial charge in [0.05, 0.1) is 18.5 Å². The maximum Gasteiger partial charge on any atom is 0.333 e. The molecule has 0 unspecified atom stereocenters. The monoisotopic (exact) mass is 351 g/mol. The zero-order valence-electron chi connectivity index (χ0n) is 13.6. The van der Waals surface area contributed by atoms with Crippen molar-refractivity contribution in [3.05, 3.63) is 57.0 Å². The van der Waals surface area contributed by atoms with E-state index < -0.39 is 41.8 Å². The number of carbonyl (C=O) groups excluding carboxylic acids is 1. The standard InChI is InChI=1S/C16H18FN3O5/c1-10(12-4-2-6-24-12)18-13(21)9-20-15(22)11(17)8-19(16(20)23)14-5-3-7-25-14/h2,4,6,8,10,14H,3,5,7,9H2,1H3,(H,18,21)/t10-,14+/m0/s1. The van der Waals surface area contributed by atoms with Crippen LogP contribution in [0.2, 0.25) is 0 Å². The van der Waals surface area contributed by atoms with Gasteiger partial charge in [0.2, 0.25) is 11.7 Å². The van der Waals surface area contributed by atoms with E-state index in [-0.39, 0.29) is 0 Å². The second-order valence-corrected chi connectivity index (χ2v) is 5.83. The molecule has 0 aromatic carbocycles. The van der Waals surface area contributed by atoms with Gasteiger partial charge in [0.25, 0.3) is 5.56 Å². The van der Waals surface area contributed by atoms with Crippen molar-refractivity contribution in [1.29, 1.82) is 0 Å². The summed E-state index contributed by atoms with van der Waals surface area (Å²) in [5, 5.41) is 2.60. The lowest BCUT2D eigenvalue weighted by molar-refractivity contribution is -0.122. The van der Waals surface area contributed by atoms with Crippen LogP contribution in [0.15, 0.2) is 38.6 Å². The van der Waals surface area contributed by atoms with Crippen LogP contribution in [0.5, 0.6) is 0 Å². The number of hydrogen-bond acceptors (Lipinski definition) is 5. The first-order chi connectivity index (χ1) is 12.0. The van der Waals surface area contributed by atoms with Gasteiger partial charge in [-0.25, -0.2) is 9.36 Å². The summed E-state index contributed by atoms with van der Waals surface area (Å²) >= 11 is 0. The molecule has 1 fully saturated rings. The van der Waals surface area contributed by atoms with Crippen molar-refractivity contribution >= 4 is 5.91 Å². The average molecular weight is 351 g/mol. The third-order valence-electron chi connectivity index (χ3n) is 4.02. The maximum atomic E-state index is 13.9. The van der Waals surface area contributed by atoms with Gasteiger partial charge < -0.3 is 14.5 Å². The molecule has 0 radical (unpaired) electrons. The van der Waals surface area contributed by atoms with Crippen LogP contribution in [-0.2, 0) is 16.1 Å². The van der Waals surface area contributed by atoms with E-state index in [1.165, 1.54) is 6.26 Å². The maximum absolute atomic E-state index is 13.9. The molecular weight excluding hydrogens is 333 g/mol. The van der Waals surface area contributed by atoms with Gasteiger partial charge in [-0.3, -0.25) is 14.2 Å². The molecule has 8 nitrogen and oxygen atoms in total. The molecule has 1 N–H and O–H groups in total. The van der Waals surface area contributed by atoms with E-state index >= 15 is 0 Å². The van der Waals surface area contributed by atoms with Crippen molar-refractivity contribution < 1.29 is 18.3 Å². The fraction of sp³-hybridized carbons (Fsp3) is 0.438. The first-order valence-corrected chi connectivity index (χ1v) is 7.93. The molecule has 0 saturated carbocycles. The molecule has 1 aliphatic heterocycles. The molecule has 3 rings (SSSR count). The van der Waals surface area contributed by atoms with E-state index in [4.69, 9.17) is 9.15 Å². The van der Waals surface area contributed by atoms with Crippen molar-refractivity contribution in [2.24, 2.45) is 0 Å². The third-order valence-corrected chi connectivity index (χ3v) is 4.02. The predicted molar refractivity (Wildman–Crippen MR) is 84.4 cm³/mol. The summed E-state index contributed by atoms with van der Waals surface area (Å²) in [6.07, 6.45) is 2.95. The number of aromatic nitrogens is 2. The van der Waals surface area contributed by atoms with E-state index in [9.17, 15) is 18.8 Å². The second-order valence-electron chi connectivity index (χ2n) is 5.83. The number of furan rings is 1. The van der Waals surface area contributed by atoms with Crippen molar-refractivity contribution in [3.8, 4) is 0 Å². The predicted octanol–water partition coefficient (Wildman–Crippen LogP) is 0.928. The highest BCUT2D eigenvalue weighted by molar-refractivity contribution is 5.76. The van der Waals surface area contributed by atoms with Crippen molar-refractivity contribution in [3.63, 3.8) is 0 Å². The van der Waals surface area contributed by atoms with Crippen LogP contribution in [0.1, 0.15) is 37.8 Å². The van der Waals surface area contributed by atoms with Crippen LogP contribution in [0.25, 0.3) is 0 Å². The number of nitrogens with one attached hydrogen (secondary N) is 1. The largest absolute Gasteiger partial charge is 0.467 e. The van der Waals surface area contributed by atoms with Crippen LogP contribution in [0.4, 0.5) is 4.39 Å². The van der Waals surface area contributed by atoms with Crippen LogP contribution in [0.3, 0.4) is 0 Å². The number of rotatable bonds is 5. The molecule has 9 heteroatoms. The first-order valence-electron chi connectivity index (χ1n) is 7.93. The molecule has 0 spiro atoms. The van der Waals surface area contributed by atoms with Gasteiger partial charge in [-0.2, -0.15) is 4.39 Å². The Kier molecular flexibility index (Phi) is 4.84. The Balaban J connectivity index is 1.82. The Hall–Kier alpha value is -2.68. The number of nitrogens with zero attached hydrogens (tertiary/aromatic N) is 2. The minimum atomic E-state index is -1.14. The summed E-state index contributed by atoms with van der Waals surface area (Å²) in [6, 6.07) is 2.91. The highest BCUT2D eigenvalue weighted by Crippen LogP contribution is 2.20. The van der Waals surface area contributed by atoms with E-state index in [1.807, 2.05) is 0 Å². The Morgan fingerprint density at radius 1 is 1.48 bits per heavy atom. The Morgan fingerprint density at radius 2 is 2.28 bits per heavy atom. The van der Waals surface area contributed by atoms with Crippen LogP contribution in [0, 0.1) is 5.82 Å². The van der Waals surface area contributed by atoms with E-state index in [1.54, 1.807) is 19.1 Å². The lowest BCUT2D eigenvalue weighted by atomic mass is 10.2. The van der Waals surface area contributed by atoms with Crippen molar-refractivity contribution in [1.82, 2.24) is 14.5 Å². The van der Waals surface area contributed by atoms with Crippen molar-refractivity contribution in [2.75, 3.05) is 6.61 Å². The molecule has 134 valence electrons. The minimum absolute atomic E-state index is 0.452. The fourth-order valence-electron chi connectivity index (χ4n) is 2.75. The van der Waals surface area contributed by atoms with Crippen LogP contribution < -0.4 is 16.6 Å². The Labute approximate surface area is 141 Å². The average Bonchev–Trinajstić information content (AvgIpc) is 3.28. The first kappa shape index (κ1) is 17.2. The number of carbonyl (C=O) groups is 1. The van der Waals surface area contributed by atoms with Crippen LogP contribution in [-0.4, -0.2) is 21.6 Å². The summed E-state index contributed by atoms with van der Waals surface area (Å²) in [6.45, 7) is 1.56. The molecule has 2 atom stereocenters. The van der Waals surface area contributed by atoms with Crippen molar-refractivity contribution in [2.45, 2.75) is 38.6 Å². The van der Waals surface area contributed by atoms with E-state index in [0.717, 1.165) is 17.2 Å². The van der Waals surface area contributed by atoms with Gasteiger partial charge >= 0.3 is 5.69 Å². The summed E-state index contributed by atoms with van der Waals surface area (Å²) in [7, 11) is 0. The molecule has 2 aromatic heterocycles. The molecule has 3 heterocycles. The zero-order chi connectivity index (χ0) is 18.0. The highest BCUT2D eigenvalue weighted by Gasteiger charge is 2.23. The second kappa shape index (κ2) is 7.06. The van der Waals surface area contributed by atoms with Crippen LogP contribution >= 0.6 is 0 Å². The van der Waals surface area contributed by atoms with Gasteiger partial charge in [0.15, 0.2) is 0 Å². The number of hydrogen-bond donors (Lipinski definition) is 1. The third kappa shape index (κ3) is 3.55. The topological polar surface area (TPSA) is 95.5 Å². The summed E-state index contributed by atoms with van der Waals surface area (Å²) in [5.74, 6) is -1.19. The zero-order valence-corrected chi connectivity index (χ0v) is 13.6. The lowest BCUT2D eigenvalue weighted by Crippen LogP contribution is -2.45. The summed E-state index contributed by atoms with van der Waals surface area (Å²) < 4.78 is 26.0. The molecule has 1 aliphatic rings. The van der Waals surface area contributed by atoms with Gasteiger partial charge in [0.1, 0.15) is 18.5 Å². The van der Waals surface area contributed by atoms with Gasteiger partial charge in [-0.15, -0.1) is 0 Å². The normalized spacial score (nSPS) is 18.2. The number of amides is 1. The molecule has 0 aliphatic carbocycles. The quantitative estimate of drug-likeness (QED) is 0.865. The molecule has 1 saturated heterocycles. The summed E-state index contributed by atoms with van der Waals surface area (Å²) in [4.78, 5) is 36.6. The molecule has 0 bridgehead atoms. The lowest BCUT2D eigenvalue weighted by Gasteiger charge is -2.16. The smallest absolute Gasteiger partial charge is 0.333 e. The number of ether oxygens (including phenoxy) is 1. The highest BCUT2D eigenvalue weighted by atomic mass is 19.1. The van der Waals surface area contributed by atoms with E-state index in [0.29, 0.717) is 23.4 Å². The Bertz CT molecular complexity index is 865.